The van der Waals surface area contributed by atoms with E-state index in [-0.39, 0.29) is 5.75 Å². The summed E-state index contributed by atoms with van der Waals surface area (Å²) in [5.41, 5.74) is 4.14. The van der Waals surface area contributed by atoms with Crippen molar-refractivity contribution in [1.82, 2.24) is 19.9 Å². The highest BCUT2D eigenvalue weighted by atomic mass is 32.2. The van der Waals surface area contributed by atoms with Crippen molar-refractivity contribution < 1.29 is 17.9 Å². The molecule has 2 aliphatic rings. The molecule has 0 atom stereocenters. The summed E-state index contributed by atoms with van der Waals surface area (Å²) in [6.07, 6.45) is 7.53. The smallest absolute Gasteiger partial charge is 0.226 e. The number of rotatable bonds is 7. The molecule has 2 saturated heterocycles. The number of ether oxygens (including phenoxy) is 1. The molecule has 9 nitrogen and oxygen atoms in total. The fraction of sp³-hybridized carbons (Fsp3) is 0.538. The molecule has 3 aromatic rings. The van der Waals surface area contributed by atoms with Crippen LogP contribution in [-0.2, 0) is 26.9 Å². The number of aromatic nitrogens is 3. The molecule has 0 amide bonds. The molecule has 0 saturated carbocycles. The summed E-state index contributed by atoms with van der Waals surface area (Å²) in [7, 11) is -1.79. The second-order valence-electron chi connectivity index (χ2n) is 10.0. The number of sulfone groups is 1. The van der Waals surface area contributed by atoms with Crippen molar-refractivity contribution in [2.75, 3.05) is 44.4 Å². The molecule has 0 unspecified atom stereocenters. The quantitative estimate of drug-likeness (QED) is 0.440. The van der Waals surface area contributed by atoms with Crippen LogP contribution >= 0.6 is 11.3 Å². The number of Topliss-reactive ketones (excluding diaryl/α,β-unsaturated/α-hetero) is 1. The van der Waals surface area contributed by atoms with Crippen LogP contribution in [0.5, 0.6) is 5.88 Å². The third-order valence-corrected chi connectivity index (χ3v) is 9.04. The highest BCUT2D eigenvalue weighted by Gasteiger charge is 2.25. The first-order valence-electron chi connectivity index (χ1n) is 12.7. The minimum atomic E-state index is -3.29. The minimum absolute atomic E-state index is 0.160. The monoisotopic (exact) mass is 543 g/mol. The van der Waals surface area contributed by atoms with Crippen LogP contribution in [0, 0.1) is 6.92 Å². The van der Waals surface area contributed by atoms with E-state index in [4.69, 9.17) is 14.7 Å². The molecule has 0 N–H and O–H groups in total. The Morgan fingerprint density at radius 1 is 1.08 bits per heavy atom. The van der Waals surface area contributed by atoms with Gasteiger partial charge in [-0.05, 0) is 32.3 Å². The van der Waals surface area contributed by atoms with Gasteiger partial charge in [0.1, 0.15) is 5.78 Å². The van der Waals surface area contributed by atoms with Crippen LogP contribution in [0.25, 0.3) is 21.5 Å². The molecular weight excluding hydrogens is 510 g/mol. The van der Waals surface area contributed by atoms with Gasteiger partial charge in [0.2, 0.25) is 11.8 Å². The van der Waals surface area contributed by atoms with Gasteiger partial charge in [0.25, 0.3) is 0 Å². The normalized spacial score (nSPS) is 17.5. The Hall–Kier alpha value is -2.63. The Morgan fingerprint density at radius 3 is 2.49 bits per heavy atom. The molecule has 3 aromatic heterocycles. The van der Waals surface area contributed by atoms with E-state index >= 15 is 0 Å². The van der Waals surface area contributed by atoms with Gasteiger partial charge in [-0.15, -0.1) is 11.3 Å². The summed E-state index contributed by atoms with van der Waals surface area (Å²) >= 11 is 1.66. The summed E-state index contributed by atoms with van der Waals surface area (Å²) in [6.45, 7) is 6.22. The molecule has 5 heterocycles. The number of piperidine rings is 2. The van der Waals surface area contributed by atoms with Gasteiger partial charge in [-0.3, -0.25) is 9.69 Å². The molecule has 0 bridgehead atoms. The zero-order chi connectivity index (χ0) is 26.2. The molecule has 11 heteroatoms. The molecule has 5 rings (SSSR count). The first-order valence-corrected chi connectivity index (χ1v) is 15.6. The van der Waals surface area contributed by atoms with Gasteiger partial charge in [0.15, 0.2) is 9.84 Å². The van der Waals surface area contributed by atoms with Crippen molar-refractivity contribution in [2.24, 2.45) is 0 Å². The van der Waals surface area contributed by atoms with Gasteiger partial charge >= 0.3 is 0 Å². The SMILES string of the molecule is COc1ncc(-c2nc(N3CCCCC3)nc3c(CN4CCC(=O)CC4)c(C)sc23)cc1CS(C)(=O)=O. The predicted octanol–water partition coefficient (Wildman–Crippen LogP) is 3.77. The molecule has 0 radical (unpaired) electrons. The summed E-state index contributed by atoms with van der Waals surface area (Å²) in [4.78, 5) is 32.1. The molecule has 0 aromatic carbocycles. The molecule has 0 aliphatic carbocycles. The Morgan fingerprint density at radius 2 is 1.81 bits per heavy atom. The number of hydrogen-bond donors (Lipinski definition) is 0. The van der Waals surface area contributed by atoms with E-state index < -0.39 is 9.84 Å². The number of nitrogens with zero attached hydrogens (tertiary/aromatic N) is 5. The third kappa shape index (κ3) is 5.78. The standard InChI is InChI=1S/C26H33N5O4S2/c1-17-21(15-30-11-7-20(32)8-12-30)23-24(36-17)22(28-26(29-23)31-9-5-4-6-10-31)18-13-19(16-37(3,33)34)25(35-2)27-14-18/h13-14H,4-12,15-16H2,1-3H3. The van der Waals surface area contributed by atoms with Gasteiger partial charge in [0, 0.05) is 79.6 Å². The number of fused-ring (bicyclic) bond motifs is 1. The maximum Gasteiger partial charge on any atom is 0.226 e. The number of likely N-dealkylation sites (tertiary alicyclic amines) is 1. The fourth-order valence-corrected chi connectivity index (χ4v) is 7.01. The van der Waals surface area contributed by atoms with Crippen LogP contribution in [0.3, 0.4) is 0 Å². The van der Waals surface area contributed by atoms with E-state index in [1.807, 2.05) is 6.07 Å². The Labute approximate surface area is 221 Å². The highest BCUT2D eigenvalue weighted by Crippen LogP contribution is 2.39. The van der Waals surface area contributed by atoms with Crippen LogP contribution in [0.15, 0.2) is 12.3 Å². The zero-order valence-corrected chi connectivity index (χ0v) is 23.3. The van der Waals surface area contributed by atoms with Gasteiger partial charge < -0.3 is 9.64 Å². The average molecular weight is 544 g/mol. The van der Waals surface area contributed by atoms with E-state index in [1.54, 1.807) is 17.5 Å². The average Bonchev–Trinajstić information content (AvgIpc) is 3.19. The number of ketones is 1. The highest BCUT2D eigenvalue weighted by molar-refractivity contribution is 7.89. The number of anilines is 1. The molecular formula is C26H33N5O4S2. The maximum atomic E-state index is 12.1. The lowest BCUT2D eigenvalue weighted by atomic mass is 10.1. The second kappa shape index (κ2) is 10.6. The number of thiophene rings is 1. The summed E-state index contributed by atoms with van der Waals surface area (Å²) in [5.74, 6) is 1.18. The van der Waals surface area contributed by atoms with Crippen molar-refractivity contribution >= 4 is 43.1 Å². The van der Waals surface area contributed by atoms with E-state index in [1.165, 1.54) is 30.2 Å². The third-order valence-electron chi connectivity index (χ3n) is 7.06. The van der Waals surface area contributed by atoms with Crippen LogP contribution < -0.4 is 9.64 Å². The zero-order valence-electron chi connectivity index (χ0n) is 21.6. The van der Waals surface area contributed by atoms with Gasteiger partial charge in [-0.25, -0.2) is 23.4 Å². The molecule has 2 fully saturated rings. The van der Waals surface area contributed by atoms with Gasteiger partial charge in [-0.1, -0.05) is 0 Å². The topological polar surface area (TPSA) is 106 Å². The maximum absolute atomic E-state index is 12.1. The number of carbonyl (C=O) groups is 1. The molecule has 0 spiro atoms. The van der Waals surface area contributed by atoms with Gasteiger partial charge in [-0.2, -0.15) is 0 Å². The first-order chi connectivity index (χ1) is 17.7. The van der Waals surface area contributed by atoms with E-state index in [2.05, 4.69) is 21.7 Å². The summed E-state index contributed by atoms with van der Waals surface area (Å²) in [5, 5.41) is 0. The number of carbonyl (C=O) groups excluding carboxylic acids is 1. The minimum Gasteiger partial charge on any atom is -0.481 e. The lowest BCUT2D eigenvalue weighted by molar-refractivity contribution is -0.121. The van der Waals surface area contributed by atoms with Crippen molar-refractivity contribution in [1.29, 1.82) is 0 Å². The Balaban J connectivity index is 1.64. The molecule has 37 heavy (non-hydrogen) atoms. The van der Waals surface area contributed by atoms with Crippen LogP contribution in [0.4, 0.5) is 5.95 Å². The van der Waals surface area contributed by atoms with Gasteiger partial charge in [0.05, 0.1) is 28.8 Å². The van der Waals surface area contributed by atoms with E-state index in [9.17, 15) is 13.2 Å². The number of aryl methyl sites for hydroxylation is 1. The summed E-state index contributed by atoms with van der Waals surface area (Å²) < 4.78 is 30.5. The Kier molecular flexibility index (Phi) is 7.46. The van der Waals surface area contributed by atoms with E-state index in [0.29, 0.717) is 36.0 Å². The van der Waals surface area contributed by atoms with Crippen LogP contribution in [-0.4, -0.2) is 73.6 Å². The van der Waals surface area contributed by atoms with Crippen molar-refractivity contribution in [2.45, 2.75) is 51.3 Å². The number of hydrogen-bond acceptors (Lipinski definition) is 10. The first kappa shape index (κ1) is 26.0. The van der Waals surface area contributed by atoms with Crippen LogP contribution in [0.1, 0.15) is 48.1 Å². The second-order valence-corrected chi connectivity index (χ2v) is 13.4. The fourth-order valence-electron chi connectivity index (χ4n) is 5.12. The summed E-state index contributed by atoms with van der Waals surface area (Å²) in [6, 6.07) is 1.83. The van der Waals surface area contributed by atoms with Crippen molar-refractivity contribution in [3.8, 4) is 17.1 Å². The lowest BCUT2D eigenvalue weighted by Crippen LogP contribution is -2.33. The van der Waals surface area contributed by atoms with Crippen molar-refractivity contribution in [3.63, 3.8) is 0 Å². The van der Waals surface area contributed by atoms with Crippen LogP contribution in [0.2, 0.25) is 0 Å². The number of methoxy groups -OCH3 is 1. The molecule has 2 aliphatic heterocycles. The number of pyridine rings is 1. The predicted molar refractivity (Wildman–Crippen MR) is 146 cm³/mol. The molecule has 198 valence electrons. The Bertz CT molecular complexity index is 1420. The van der Waals surface area contributed by atoms with Crippen molar-refractivity contribution in [3.05, 3.63) is 28.3 Å². The lowest BCUT2D eigenvalue weighted by Gasteiger charge is -2.27. The largest absolute Gasteiger partial charge is 0.481 e. The van der Waals surface area contributed by atoms with E-state index in [0.717, 1.165) is 67.0 Å².